The molecule has 0 aromatic heterocycles. The minimum absolute atomic E-state index is 0.0179. The molecule has 0 radical (unpaired) electrons. The zero-order chi connectivity index (χ0) is 13.7. The summed E-state index contributed by atoms with van der Waals surface area (Å²) in [5.41, 5.74) is 1.94. The van der Waals surface area contributed by atoms with Crippen LogP contribution in [0.3, 0.4) is 0 Å². The van der Waals surface area contributed by atoms with Gasteiger partial charge < -0.3 is 15.8 Å². The number of hydrogen-bond donors (Lipinski definition) is 2. The summed E-state index contributed by atoms with van der Waals surface area (Å²) in [6.07, 6.45) is -4.62. The van der Waals surface area contributed by atoms with Crippen LogP contribution in [0.1, 0.15) is 19.8 Å². The highest BCUT2D eigenvalue weighted by atomic mass is 19.4. The maximum atomic E-state index is 12.3. The van der Waals surface area contributed by atoms with E-state index in [1.165, 1.54) is 7.11 Å². The minimum atomic E-state index is -4.82. The molecule has 0 fully saturated rings. The summed E-state index contributed by atoms with van der Waals surface area (Å²) in [5, 5.41) is 2.02. The van der Waals surface area contributed by atoms with Gasteiger partial charge in [0.2, 0.25) is 5.91 Å². The molecule has 17 heavy (non-hydrogen) atoms. The summed E-state index contributed by atoms with van der Waals surface area (Å²) in [7, 11) is 1.20. The Morgan fingerprint density at radius 1 is 1.35 bits per heavy atom. The van der Waals surface area contributed by atoms with Crippen LogP contribution in [0, 0.1) is 0 Å². The fraction of sp³-hybridized carbons (Fsp3) is 0.778. The average molecular weight is 256 g/mol. The van der Waals surface area contributed by atoms with Gasteiger partial charge >= 0.3 is 12.1 Å². The van der Waals surface area contributed by atoms with Gasteiger partial charge in [-0.3, -0.25) is 9.59 Å². The lowest BCUT2D eigenvalue weighted by Crippen LogP contribution is -2.61. The van der Waals surface area contributed by atoms with Gasteiger partial charge in [-0.2, -0.15) is 13.2 Å². The largest absolute Gasteiger partial charge is 0.469 e. The third-order valence-electron chi connectivity index (χ3n) is 2.13. The number of hydrogen-bond acceptors (Lipinski definition) is 4. The van der Waals surface area contributed by atoms with Crippen molar-refractivity contribution in [3.05, 3.63) is 0 Å². The Morgan fingerprint density at radius 2 is 1.88 bits per heavy atom. The number of amides is 1. The molecule has 100 valence electrons. The second-order valence-electron chi connectivity index (χ2n) is 3.64. The van der Waals surface area contributed by atoms with Crippen molar-refractivity contribution in [2.24, 2.45) is 5.73 Å². The maximum Gasteiger partial charge on any atom is 0.415 e. The number of alkyl halides is 3. The lowest BCUT2D eigenvalue weighted by molar-refractivity contribution is -0.187. The van der Waals surface area contributed by atoms with Gasteiger partial charge in [0.05, 0.1) is 7.11 Å². The van der Waals surface area contributed by atoms with E-state index in [2.05, 4.69) is 4.74 Å². The molecule has 5 nitrogen and oxygen atoms in total. The Morgan fingerprint density at radius 3 is 2.29 bits per heavy atom. The third kappa shape index (κ3) is 4.59. The van der Waals surface area contributed by atoms with Gasteiger partial charge in [-0.25, -0.2) is 0 Å². The van der Waals surface area contributed by atoms with Crippen molar-refractivity contribution in [3.63, 3.8) is 0 Å². The number of carbonyl (C=O) groups is 2. The molecular weight excluding hydrogens is 241 g/mol. The quantitative estimate of drug-likeness (QED) is 0.549. The van der Waals surface area contributed by atoms with Crippen molar-refractivity contribution in [1.29, 1.82) is 0 Å². The minimum Gasteiger partial charge on any atom is -0.469 e. The molecule has 1 unspecified atom stereocenters. The van der Waals surface area contributed by atoms with E-state index in [0.717, 1.165) is 0 Å². The second kappa shape index (κ2) is 5.85. The van der Waals surface area contributed by atoms with E-state index in [4.69, 9.17) is 5.73 Å². The Hall–Kier alpha value is -1.31. The number of nitrogens with two attached hydrogens (primary N) is 1. The Balaban J connectivity index is 4.07. The van der Waals surface area contributed by atoms with E-state index in [1.807, 2.05) is 5.32 Å². The summed E-state index contributed by atoms with van der Waals surface area (Å²) in [6.45, 7) is 0.513. The first-order chi connectivity index (χ1) is 7.63. The van der Waals surface area contributed by atoms with Crippen LogP contribution in [-0.4, -0.2) is 37.2 Å². The van der Waals surface area contributed by atoms with Gasteiger partial charge in [-0.1, -0.05) is 0 Å². The summed E-state index contributed by atoms with van der Waals surface area (Å²) >= 11 is 0. The van der Waals surface area contributed by atoms with Crippen LogP contribution < -0.4 is 11.1 Å². The monoisotopic (exact) mass is 256 g/mol. The molecule has 0 aliphatic rings. The van der Waals surface area contributed by atoms with Crippen LogP contribution in [0.2, 0.25) is 0 Å². The molecule has 0 aliphatic heterocycles. The highest BCUT2D eigenvalue weighted by Gasteiger charge is 2.53. The Labute approximate surface area is 96.5 Å². The van der Waals surface area contributed by atoms with E-state index in [1.54, 1.807) is 0 Å². The molecule has 1 atom stereocenters. The number of esters is 1. The van der Waals surface area contributed by atoms with E-state index in [0.29, 0.717) is 6.92 Å². The van der Waals surface area contributed by atoms with Crippen LogP contribution in [0.5, 0.6) is 0 Å². The van der Waals surface area contributed by atoms with Crippen LogP contribution in [0.25, 0.3) is 0 Å². The fourth-order valence-electron chi connectivity index (χ4n) is 0.849. The number of methoxy groups -OCH3 is 1. The number of rotatable bonds is 5. The summed E-state index contributed by atoms with van der Waals surface area (Å²) in [6, 6.07) is 0. The van der Waals surface area contributed by atoms with Crippen molar-refractivity contribution in [2.75, 3.05) is 13.7 Å². The van der Waals surface area contributed by atoms with Crippen LogP contribution in [-0.2, 0) is 14.3 Å². The normalized spacial score (nSPS) is 14.9. The highest BCUT2D eigenvalue weighted by Crippen LogP contribution is 2.27. The zero-order valence-corrected chi connectivity index (χ0v) is 9.56. The second-order valence-corrected chi connectivity index (χ2v) is 3.64. The molecule has 0 aromatic rings. The van der Waals surface area contributed by atoms with Gasteiger partial charge in [-0.15, -0.1) is 0 Å². The third-order valence-corrected chi connectivity index (χ3v) is 2.13. The Bertz CT molecular complexity index is 290. The lowest BCUT2D eigenvalue weighted by Gasteiger charge is -2.26. The van der Waals surface area contributed by atoms with Crippen LogP contribution in [0.4, 0.5) is 13.2 Å². The molecule has 3 N–H and O–H groups in total. The smallest absolute Gasteiger partial charge is 0.415 e. The van der Waals surface area contributed by atoms with Crippen molar-refractivity contribution >= 4 is 11.9 Å². The topological polar surface area (TPSA) is 81.4 Å². The van der Waals surface area contributed by atoms with Crippen molar-refractivity contribution < 1.29 is 27.5 Å². The molecule has 0 heterocycles. The molecule has 0 saturated carbocycles. The van der Waals surface area contributed by atoms with Crippen molar-refractivity contribution in [2.45, 2.75) is 31.5 Å². The summed E-state index contributed by atoms with van der Waals surface area (Å²) in [5.74, 6) is -1.82. The standard InChI is InChI=1S/C9H15F3N2O3/c1-8(13,9(10,11)12)7(16)14-5-3-4-6(15)17-2/h3-5,13H2,1-2H3,(H,14,16). The number of halogens is 3. The first-order valence-electron chi connectivity index (χ1n) is 4.83. The fourth-order valence-corrected chi connectivity index (χ4v) is 0.849. The van der Waals surface area contributed by atoms with E-state index in [-0.39, 0.29) is 19.4 Å². The molecule has 0 aliphatic carbocycles. The zero-order valence-electron chi connectivity index (χ0n) is 9.56. The van der Waals surface area contributed by atoms with Gasteiger partial charge in [0.25, 0.3) is 0 Å². The molecular formula is C9H15F3N2O3. The van der Waals surface area contributed by atoms with Crippen LogP contribution >= 0.6 is 0 Å². The van der Waals surface area contributed by atoms with E-state index >= 15 is 0 Å². The van der Waals surface area contributed by atoms with Gasteiger partial charge in [0, 0.05) is 13.0 Å². The van der Waals surface area contributed by atoms with Crippen molar-refractivity contribution in [1.82, 2.24) is 5.32 Å². The Kier molecular flexibility index (Phi) is 5.40. The maximum absolute atomic E-state index is 12.3. The van der Waals surface area contributed by atoms with Gasteiger partial charge in [0.15, 0.2) is 5.54 Å². The summed E-state index contributed by atoms with van der Waals surface area (Å²) in [4.78, 5) is 21.8. The predicted molar refractivity (Wildman–Crippen MR) is 52.9 cm³/mol. The average Bonchev–Trinajstić information content (AvgIpc) is 2.21. The first-order valence-corrected chi connectivity index (χ1v) is 4.83. The molecule has 0 rings (SSSR count). The highest BCUT2D eigenvalue weighted by molar-refractivity contribution is 5.86. The molecule has 8 heteroatoms. The lowest BCUT2D eigenvalue weighted by atomic mass is 10.0. The van der Waals surface area contributed by atoms with Crippen molar-refractivity contribution in [3.8, 4) is 0 Å². The molecule has 0 bridgehead atoms. The summed E-state index contributed by atoms with van der Waals surface area (Å²) < 4.78 is 41.3. The van der Waals surface area contributed by atoms with Crippen LogP contribution in [0.15, 0.2) is 0 Å². The SMILES string of the molecule is COC(=O)CCCNC(=O)C(C)(N)C(F)(F)F. The van der Waals surface area contributed by atoms with Gasteiger partial charge in [0.1, 0.15) is 0 Å². The van der Waals surface area contributed by atoms with Gasteiger partial charge in [-0.05, 0) is 13.3 Å². The van der Waals surface area contributed by atoms with E-state index in [9.17, 15) is 22.8 Å². The van der Waals surface area contributed by atoms with E-state index < -0.39 is 23.6 Å². The molecule has 0 saturated heterocycles. The predicted octanol–water partition coefficient (Wildman–Crippen LogP) is 0.335. The number of carbonyl (C=O) groups excluding carboxylic acids is 2. The number of ether oxygens (including phenoxy) is 1. The first kappa shape index (κ1) is 15.7. The molecule has 0 spiro atoms. The number of nitrogens with one attached hydrogen (secondary N) is 1. The molecule has 1 amide bonds. The molecule has 0 aromatic carbocycles.